The first-order valence-corrected chi connectivity index (χ1v) is 5.57. The van der Waals surface area contributed by atoms with Crippen LogP contribution in [0, 0.1) is 0 Å². The second-order valence-electron chi connectivity index (χ2n) is 3.60. The lowest BCUT2D eigenvalue weighted by Gasteiger charge is -2.07. The summed E-state index contributed by atoms with van der Waals surface area (Å²) < 4.78 is 7.13. The van der Waals surface area contributed by atoms with Gasteiger partial charge in [0, 0.05) is 18.7 Å². The first-order chi connectivity index (χ1) is 8.31. The van der Waals surface area contributed by atoms with Crippen molar-refractivity contribution < 1.29 is 4.74 Å². The molecule has 17 heavy (non-hydrogen) atoms. The number of benzene rings is 1. The third-order valence-corrected chi connectivity index (χ3v) is 2.69. The molecule has 1 aromatic heterocycles. The maximum Gasteiger partial charge on any atom is 0.128 e. The molecule has 0 atom stereocenters. The van der Waals surface area contributed by atoms with E-state index in [2.05, 4.69) is 10.3 Å². The van der Waals surface area contributed by atoms with Gasteiger partial charge in [0.05, 0.1) is 12.8 Å². The molecule has 1 aromatic carbocycles. The largest absolute Gasteiger partial charge is 0.496 e. The van der Waals surface area contributed by atoms with Crippen molar-refractivity contribution >= 4 is 0 Å². The molecular weight excluding hydrogens is 216 g/mol. The van der Waals surface area contributed by atoms with Crippen LogP contribution in [-0.2, 0) is 13.1 Å². The van der Waals surface area contributed by atoms with E-state index in [1.807, 2.05) is 35.9 Å². The molecule has 90 valence electrons. The summed E-state index contributed by atoms with van der Waals surface area (Å²) in [5.41, 5.74) is 8.41. The third-order valence-electron chi connectivity index (χ3n) is 2.69. The molecule has 0 radical (unpaired) electrons. The van der Waals surface area contributed by atoms with Gasteiger partial charge in [-0.3, -0.25) is 0 Å². The van der Waals surface area contributed by atoms with E-state index in [0.29, 0.717) is 6.54 Å². The zero-order valence-electron chi connectivity index (χ0n) is 10.1. The summed E-state index contributed by atoms with van der Waals surface area (Å²) in [5, 5.41) is 8.28. The van der Waals surface area contributed by atoms with Crippen LogP contribution in [0.4, 0.5) is 0 Å². The summed E-state index contributed by atoms with van der Waals surface area (Å²) in [4.78, 5) is 0. The predicted molar refractivity (Wildman–Crippen MR) is 65.6 cm³/mol. The fraction of sp³-hybridized carbons (Fsp3) is 0.333. The molecule has 2 aromatic rings. The molecule has 0 saturated heterocycles. The summed E-state index contributed by atoms with van der Waals surface area (Å²) in [6, 6.07) is 7.74. The van der Waals surface area contributed by atoms with E-state index in [4.69, 9.17) is 10.5 Å². The summed E-state index contributed by atoms with van der Waals surface area (Å²) in [6.45, 7) is 3.18. The van der Waals surface area contributed by atoms with Crippen LogP contribution in [-0.4, -0.2) is 22.1 Å². The van der Waals surface area contributed by atoms with Gasteiger partial charge in [0.15, 0.2) is 0 Å². The second-order valence-corrected chi connectivity index (χ2v) is 3.60. The van der Waals surface area contributed by atoms with Gasteiger partial charge in [-0.2, -0.15) is 0 Å². The van der Waals surface area contributed by atoms with E-state index in [1.54, 1.807) is 7.11 Å². The number of nitrogens with zero attached hydrogens (tertiary/aromatic N) is 3. The van der Waals surface area contributed by atoms with Crippen molar-refractivity contribution in [3.8, 4) is 17.0 Å². The van der Waals surface area contributed by atoms with E-state index in [1.165, 1.54) is 0 Å². The number of methoxy groups -OCH3 is 1. The molecule has 0 unspecified atom stereocenters. The molecule has 5 heteroatoms. The van der Waals surface area contributed by atoms with Gasteiger partial charge in [-0.05, 0) is 19.1 Å². The van der Waals surface area contributed by atoms with Crippen LogP contribution in [0.5, 0.6) is 5.75 Å². The van der Waals surface area contributed by atoms with Gasteiger partial charge in [0.25, 0.3) is 0 Å². The van der Waals surface area contributed by atoms with Crippen molar-refractivity contribution in [3.05, 3.63) is 30.0 Å². The van der Waals surface area contributed by atoms with Crippen LogP contribution in [0.3, 0.4) is 0 Å². The lowest BCUT2D eigenvalue weighted by atomic mass is 10.1. The molecule has 1 heterocycles. The first kappa shape index (κ1) is 11.6. The Morgan fingerprint density at radius 3 is 2.76 bits per heavy atom. The normalized spacial score (nSPS) is 10.5. The maximum absolute atomic E-state index is 5.76. The van der Waals surface area contributed by atoms with E-state index in [-0.39, 0.29) is 0 Å². The van der Waals surface area contributed by atoms with Crippen LogP contribution >= 0.6 is 0 Å². The predicted octanol–water partition coefficient (Wildman–Crippen LogP) is 1.43. The van der Waals surface area contributed by atoms with Crippen LogP contribution in [0.2, 0.25) is 0 Å². The van der Waals surface area contributed by atoms with Gasteiger partial charge in [-0.15, -0.1) is 5.10 Å². The average molecular weight is 232 g/mol. The minimum absolute atomic E-state index is 0.411. The zero-order valence-corrected chi connectivity index (χ0v) is 10.1. The number of hydrogen-bond acceptors (Lipinski definition) is 4. The zero-order chi connectivity index (χ0) is 12.3. The van der Waals surface area contributed by atoms with Crippen LogP contribution in [0.1, 0.15) is 12.6 Å². The molecule has 0 saturated carbocycles. The van der Waals surface area contributed by atoms with Gasteiger partial charge in [0.2, 0.25) is 0 Å². The Labute approximate surface area is 100 Å². The van der Waals surface area contributed by atoms with E-state index in [0.717, 1.165) is 29.2 Å². The maximum atomic E-state index is 5.76. The quantitative estimate of drug-likeness (QED) is 0.866. The van der Waals surface area contributed by atoms with Crippen LogP contribution < -0.4 is 10.5 Å². The number of aryl methyl sites for hydroxylation is 1. The minimum Gasteiger partial charge on any atom is -0.496 e. The van der Waals surface area contributed by atoms with Gasteiger partial charge in [-0.25, -0.2) is 4.68 Å². The molecule has 0 amide bonds. The number of hydrogen-bond donors (Lipinski definition) is 1. The average Bonchev–Trinajstić information content (AvgIpc) is 2.81. The van der Waals surface area contributed by atoms with Crippen molar-refractivity contribution in [1.82, 2.24) is 15.0 Å². The number of para-hydroxylation sites is 1. The lowest BCUT2D eigenvalue weighted by Crippen LogP contribution is -2.08. The molecule has 0 spiro atoms. The fourth-order valence-electron chi connectivity index (χ4n) is 1.84. The molecule has 2 N–H and O–H groups in total. The molecule has 0 aliphatic rings. The molecule has 0 bridgehead atoms. The van der Waals surface area contributed by atoms with Crippen LogP contribution in [0.25, 0.3) is 11.3 Å². The Morgan fingerprint density at radius 1 is 1.35 bits per heavy atom. The van der Waals surface area contributed by atoms with Crippen LogP contribution in [0.15, 0.2) is 24.3 Å². The molecule has 2 rings (SSSR count). The Hall–Kier alpha value is -1.88. The van der Waals surface area contributed by atoms with Gasteiger partial charge < -0.3 is 10.5 Å². The lowest BCUT2D eigenvalue weighted by molar-refractivity contribution is 0.416. The summed E-state index contributed by atoms with van der Waals surface area (Å²) in [7, 11) is 1.64. The first-order valence-electron chi connectivity index (χ1n) is 5.57. The molecule has 5 nitrogen and oxygen atoms in total. The highest BCUT2D eigenvalue weighted by Gasteiger charge is 2.15. The summed E-state index contributed by atoms with van der Waals surface area (Å²) in [6.07, 6.45) is 0. The molecule has 0 aliphatic carbocycles. The van der Waals surface area contributed by atoms with Gasteiger partial charge in [0.1, 0.15) is 11.4 Å². The molecule has 0 aliphatic heterocycles. The summed E-state index contributed by atoms with van der Waals surface area (Å²) in [5.74, 6) is 0.783. The second kappa shape index (κ2) is 4.97. The monoisotopic (exact) mass is 232 g/mol. The highest BCUT2D eigenvalue weighted by molar-refractivity contribution is 5.68. The molecule has 0 fully saturated rings. The van der Waals surface area contributed by atoms with Crippen molar-refractivity contribution in [2.75, 3.05) is 7.11 Å². The summed E-state index contributed by atoms with van der Waals surface area (Å²) >= 11 is 0. The highest BCUT2D eigenvalue weighted by Crippen LogP contribution is 2.30. The van der Waals surface area contributed by atoms with Gasteiger partial charge in [-0.1, -0.05) is 17.3 Å². The number of nitrogens with two attached hydrogens (primary N) is 1. The van der Waals surface area contributed by atoms with E-state index >= 15 is 0 Å². The van der Waals surface area contributed by atoms with Gasteiger partial charge >= 0.3 is 0 Å². The Morgan fingerprint density at radius 2 is 2.12 bits per heavy atom. The third kappa shape index (κ3) is 2.01. The Balaban J connectivity index is 2.56. The van der Waals surface area contributed by atoms with Crippen molar-refractivity contribution in [3.63, 3.8) is 0 Å². The minimum atomic E-state index is 0.411. The van der Waals surface area contributed by atoms with Crippen molar-refractivity contribution in [2.45, 2.75) is 20.0 Å². The number of rotatable bonds is 4. The highest BCUT2D eigenvalue weighted by atomic mass is 16.5. The Bertz CT molecular complexity index is 507. The van der Waals surface area contributed by atoms with Crippen molar-refractivity contribution in [2.24, 2.45) is 5.73 Å². The fourth-order valence-corrected chi connectivity index (χ4v) is 1.84. The molecular formula is C12H16N4O. The SMILES string of the molecule is CCn1nnc(-c2ccccc2OC)c1CN. The van der Waals surface area contributed by atoms with Crippen molar-refractivity contribution in [1.29, 1.82) is 0 Å². The number of aromatic nitrogens is 3. The number of ether oxygens (including phenoxy) is 1. The smallest absolute Gasteiger partial charge is 0.128 e. The standard InChI is InChI=1S/C12H16N4O/c1-3-16-10(8-13)12(14-15-16)9-6-4-5-7-11(9)17-2/h4-7H,3,8,13H2,1-2H3. The van der Waals surface area contributed by atoms with E-state index in [9.17, 15) is 0 Å². The Kier molecular flexibility index (Phi) is 3.39. The topological polar surface area (TPSA) is 66.0 Å². The van der Waals surface area contributed by atoms with E-state index < -0.39 is 0 Å².